The van der Waals surface area contributed by atoms with Crippen LogP contribution in [0.3, 0.4) is 0 Å². The van der Waals surface area contributed by atoms with Crippen LogP contribution in [0.1, 0.15) is 18.1 Å². The topological polar surface area (TPSA) is 124 Å². The number of anilines is 1. The fourth-order valence-corrected chi connectivity index (χ4v) is 4.25. The van der Waals surface area contributed by atoms with Crippen LogP contribution in [0.25, 0.3) is 17.0 Å². The smallest absolute Gasteiger partial charge is 0.301 e. The molecular formula is C26H19N5O5. The first-order valence-electron chi connectivity index (χ1n) is 11.0. The largest absolute Gasteiger partial charge is 0.342 e. The summed E-state index contributed by atoms with van der Waals surface area (Å²) in [5.74, 6) is -0.552. The Bertz CT molecular complexity index is 1600. The van der Waals surface area contributed by atoms with Crippen molar-refractivity contribution < 1.29 is 14.6 Å². The van der Waals surface area contributed by atoms with Gasteiger partial charge in [0.25, 0.3) is 11.6 Å². The molecule has 0 spiro atoms. The molecule has 178 valence electrons. The monoisotopic (exact) mass is 481 g/mol. The number of aromatic nitrogens is 1. The number of non-ortho nitro benzene ring substituents is 1. The fraction of sp³-hybridized carbons (Fsp3) is 0.0769. The third-order valence-electron chi connectivity index (χ3n) is 5.97. The lowest BCUT2D eigenvalue weighted by Gasteiger charge is -2.11. The molecule has 4 aromatic rings. The van der Waals surface area contributed by atoms with Crippen molar-refractivity contribution in [2.45, 2.75) is 13.5 Å². The molecule has 36 heavy (non-hydrogen) atoms. The zero-order valence-corrected chi connectivity index (χ0v) is 19.1. The Morgan fingerprint density at radius 3 is 2.39 bits per heavy atom. The molecule has 5 rings (SSSR count). The highest BCUT2D eigenvalue weighted by atomic mass is 16.6. The van der Waals surface area contributed by atoms with Crippen molar-refractivity contribution in [2.24, 2.45) is 5.10 Å². The molecule has 1 aromatic heterocycles. The van der Waals surface area contributed by atoms with Crippen molar-refractivity contribution >= 4 is 45.7 Å². The second kappa shape index (κ2) is 8.91. The SMILES string of the molecule is CC1=NN(c2ccc([N+](=O)[O-])cc2[N+](=O)[O-])C(=O)/C1=C\c1cn(Cc2ccccc2)c2ccccc12. The first-order valence-corrected chi connectivity index (χ1v) is 11.0. The normalized spacial score (nSPS) is 14.5. The van der Waals surface area contributed by atoms with Crippen molar-refractivity contribution in [3.63, 3.8) is 0 Å². The average molecular weight is 481 g/mol. The first-order chi connectivity index (χ1) is 17.3. The van der Waals surface area contributed by atoms with Crippen molar-refractivity contribution in [1.29, 1.82) is 0 Å². The number of nitro groups is 2. The van der Waals surface area contributed by atoms with Crippen molar-refractivity contribution in [3.05, 3.63) is 116 Å². The highest BCUT2D eigenvalue weighted by molar-refractivity contribution is 6.32. The number of benzene rings is 3. The minimum absolute atomic E-state index is 0.134. The second-order valence-electron chi connectivity index (χ2n) is 8.26. The summed E-state index contributed by atoms with van der Waals surface area (Å²) in [5, 5.41) is 28.8. The molecule has 0 radical (unpaired) electrons. The highest BCUT2D eigenvalue weighted by Crippen LogP contribution is 2.36. The van der Waals surface area contributed by atoms with E-state index in [0.29, 0.717) is 12.3 Å². The van der Waals surface area contributed by atoms with Crippen molar-refractivity contribution in [1.82, 2.24) is 4.57 Å². The third kappa shape index (κ3) is 4.00. The molecule has 0 saturated carbocycles. The number of rotatable bonds is 6. The van der Waals surface area contributed by atoms with Gasteiger partial charge in [-0.15, -0.1) is 0 Å². The molecule has 2 heterocycles. The fourth-order valence-electron chi connectivity index (χ4n) is 4.25. The van der Waals surface area contributed by atoms with Crippen LogP contribution < -0.4 is 5.01 Å². The van der Waals surface area contributed by atoms with E-state index in [1.807, 2.05) is 60.8 Å². The van der Waals surface area contributed by atoms with E-state index in [1.165, 1.54) is 6.07 Å². The number of hydrogen-bond acceptors (Lipinski definition) is 6. The van der Waals surface area contributed by atoms with Gasteiger partial charge in [0.2, 0.25) is 0 Å². The molecule has 0 aliphatic carbocycles. The van der Waals surface area contributed by atoms with E-state index in [9.17, 15) is 25.0 Å². The van der Waals surface area contributed by atoms with E-state index >= 15 is 0 Å². The second-order valence-corrected chi connectivity index (χ2v) is 8.26. The maximum Gasteiger partial charge on any atom is 0.301 e. The van der Waals surface area contributed by atoms with E-state index < -0.39 is 27.1 Å². The van der Waals surface area contributed by atoms with E-state index in [-0.39, 0.29) is 11.3 Å². The lowest BCUT2D eigenvalue weighted by molar-refractivity contribution is -0.393. The lowest BCUT2D eigenvalue weighted by Crippen LogP contribution is -2.22. The molecule has 0 unspecified atom stereocenters. The van der Waals surface area contributed by atoms with Gasteiger partial charge in [-0.3, -0.25) is 25.0 Å². The van der Waals surface area contributed by atoms with Crippen LogP contribution in [0.5, 0.6) is 0 Å². The lowest BCUT2D eigenvalue weighted by atomic mass is 10.1. The Morgan fingerprint density at radius 2 is 1.67 bits per heavy atom. The molecule has 0 saturated heterocycles. The first kappa shape index (κ1) is 22.7. The summed E-state index contributed by atoms with van der Waals surface area (Å²) in [6.45, 7) is 2.29. The molecule has 1 aliphatic rings. The van der Waals surface area contributed by atoms with E-state index in [2.05, 4.69) is 9.67 Å². The Morgan fingerprint density at radius 1 is 0.944 bits per heavy atom. The van der Waals surface area contributed by atoms with Crippen LogP contribution >= 0.6 is 0 Å². The van der Waals surface area contributed by atoms with E-state index in [4.69, 9.17) is 0 Å². The van der Waals surface area contributed by atoms with E-state index in [0.717, 1.165) is 39.2 Å². The van der Waals surface area contributed by atoms with Gasteiger partial charge in [-0.05, 0) is 30.7 Å². The molecule has 0 fully saturated rings. The minimum atomic E-state index is -0.765. The molecular weight excluding hydrogens is 462 g/mol. The van der Waals surface area contributed by atoms with Crippen LogP contribution in [-0.2, 0) is 11.3 Å². The van der Waals surface area contributed by atoms with Crippen LogP contribution in [0, 0.1) is 20.2 Å². The number of nitrogens with zero attached hydrogens (tertiary/aromatic N) is 5. The number of amides is 1. The van der Waals surface area contributed by atoms with Gasteiger partial charge in [0.05, 0.1) is 27.2 Å². The molecule has 0 bridgehead atoms. The third-order valence-corrected chi connectivity index (χ3v) is 5.97. The van der Waals surface area contributed by atoms with Gasteiger partial charge < -0.3 is 4.57 Å². The molecule has 10 nitrogen and oxygen atoms in total. The molecule has 0 N–H and O–H groups in total. The number of hydrazone groups is 1. The van der Waals surface area contributed by atoms with Gasteiger partial charge >= 0.3 is 5.69 Å². The van der Waals surface area contributed by atoms with Gasteiger partial charge in [0, 0.05) is 35.3 Å². The summed E-state index contributed by atoms with van der Waals surface area (Å²) in [6, 6.07) is 20.9. The van der Waals surface area contributed by atoms with E-state index in [1.54, 1.807) is 13.0 Å². The number of fused-ring (bicyclic) bond motifs is 1. The van der Waals surface area contributed by atoms with Crippen LogP contribution in [0.4, 0.5) is 17.1 Å². The summed E-state index contributed by atoms with van der Waals surface area (Å²) in [7, 11) is 0. The van der Waals surface area contributed by atoms with Gasteiger partial charge in [-0.25, -0.2) is 0 Å². The van der Waals surface area contributed by atoms with Gasteiger partial charge in [0.1, 0.15) is 5.69 Å². The number of carbonyl (C=O) groups is 1. The van der Waals surface area contributed by atoms with Crippen molar-refractivity contribution in [3.8, 4) is 0 Å². The van der Waals surface area contributed by atoms with Gasteiger partial charge in [-0.2, -0.15) is 10.1 Å². The zero-order chi connectivity index (χ0) is 25.4. The number of carbonyl (C=O) groups excluding carboxylic acids is 1. The quantitative estimate of drug-likeness (QED) is 0.210. The van der Waals surface area contributed by atoms with Gasteiger partial charge in [-0.1, -0.05) is 48.5 Å². The predicted molar refractivity (Wildman–Crippen MR) is 136 cm³/mol. The van der Waals surface area contributed by atoms with Crippen molar-refractivity contribution in [2.75, 3.05) is 5.01 Å². The maximum absolute atomic E-state index is 13.3. The summed E-state index contributed by atoms with van der Waals surface area (Å²) in [6.07, 6.45) is 3.68. The Hall–Kier alpha value is -5.12. The molecule has 3 aromatic carbocycles. The summed E-state index contributed by atoms with van der Waals surface area (Å²) >= 11 is 0. The Balaban J connectivity index is 1.54. The summed E-state index contributed by atoms with van der Waals surface area (Å²) in [4.78, 5) is 34.5. The predicted octanol–water partition coefficient (Wildman–Crippen LogP) is 5.31. The molecule has 1 amide bonds. The van der Waals surface area contributed by atoms with Crippen LogP contribution in [0.15, 0.2) is 89.7 Å². The van der Waals surface area contributed by atoms with Crippen LogP contribution in [-0.4, -0.2) is 26.0 Å². The average Bonchev–Trinajstić information content (AvgIpc) is 3.36. The maximum atomic E-state index is 13.3. The number of nitro benzene ring substituents is 2. The van der Waals surface area contributed by atoms with Gasteiger partial charge in [0.15, 0.2) is 0 Å². The van der Waals surface area contributed by atoms with Crippen LogP contribution in [0.2, 0.25) is 0 Å². The summed E-state index contributed by atoms with van der Waals surface area (Å²) in [5.41, 5.74) is 2.44. The molecule has 0 atom stereocenters. The highest BCUT2D eigenvalue weighted by Gasteiger charge is 2.34. The number of hydrogen-bond donors (Lipinski definition) is 0. The Labute approximate surface area is 204 Å². The number of para-hydroxylation sites is 1. The molecule has 10 heteroatoms. The minimum Gasteiger partial charge on any atom is -0.342 e. The summed E-state index contributed by atoms with van der Waals surface area (Å²) < 4.78 is 2.10. The standard InChI is InChI=1S/C26H19N5O5/c1-17-22(26(32)29(27-17)24-12-11-20(30(33)34)14-25(24)31(35)36)13-19-16-28(15-18-7-3-2-4-8-18)23-10-6-5-9-21(19)23/h2-14,16H,15H2,1H3/b22-13-. The zero-order valence-electron chi connectivity index (χ0n) is 19.1. The molecule has 1 aliphatic heterocycles. The Kier molecular flexibility index (Phi) is 5.61.